The largest absolute Gasteiger partial charge is 0.489 e. The van der Waals surface area contributed by atoms with Crippen LogP contribution < -0.4 is 4.74 Å². The number of esters is 1. The maximum Gasteiger partial charge on any atom is 0.417 e. The molecule has 2 aromatic rings. The van der Waals surface area contributed by atoms with Crippen molar-refractivity contribution in [2.24, 2.45) is 0 Å². The van der Waals surface area contributed by atoms with Crippen molar-refractivity contribution in [1.82, 2.24) is 0 Å². The SMILES string of the molecule is COC(=O)c1c(C(F)(F)F)cc(OCc2ccccc2)cc1C(F)(F)F. The summed E-state index contributed by atoms with van der Waals surface area (Å²) in [6.07, 6.45) is -10.4. The molecule has 0 aliphatic heterocycles. The minimum Gasteiger partial charge on any atom is -0.489 e. The van der Waals surface area contributed by atoms with E-state index >= 15 is 0 Å². The van der Waals surface area contributed by atoms with Crippen molar-refractivity contribution in [1.29, 1.82) is 0 Å². The minimum absolute atomic E-state index is 0.243. The van der Waals surface area contributed by atoms with Gasteiger partial charge in [-0.3, -0.25) is 0 Å². The number of halogens is 6. The maximum absolute atomic E-state index is 13.2. The van der Waals surface area contributed by atoms with Gasteiger partial charge < -0.3 is 9.47 Å². The third kappa shape index (κ3) is 4.47. The van der Waals surface area contributed by atoms with Gasteiger partial charge in [-0.25, -0.2) is 4.79 Å². The van der Waals surface area contributed by atoms with Gasteiger partial charge in [-0.1, -0.05) is 30.3 Å². The zero-order valence-corrected chi connectivity index (χ0v) is 13.2. The van der Waals surface area contributed by atoms with Crippen LogP contribution in [0.1, 0.15) is 27.0 Å². The van der Waals surface area contributed by atoms with Crippen molar-refractivity contribution in [2.75, 3.05) is 7.11 Å². The summed E-state index contributed by atoms with van der Waals surface area (Å²) in [6.45, 7) is -0.243. The molecule has 2 aromatic carbocycles. The molecule has 0 saturated carbocycles. The minimum atomic E-state index is -5.21. The number of rotatable bonds is 4. The predicted molar refractivity (Wildman–Crippen MR) is 78.6 cm³/mol. The van der Waals surface area contributed by atoms with Crippen molar-refractivity contribution in [3.8, 4) is 5.75 Å². The lowest BCUT2D eigenvalue weighted by atomic mass is 9.99. The second-order valence-corrected chi connectivity index (χ2v) is 5.15. The van der Waals surface area contributed by atoms with Gasteiger partial charge in [0.1, 0.15) is 12.4 Å². The highest BCUT2D eigenvalue weighted by Crippen LogP contribution is 2.42. The zero-order chi connectivity index (χ0) is 19.5. The molecule has 0 aliphatic rings. The van der Waals surface area contributed by atoms with E-state index in [1.165, 1.54) is 0 Å². The van der Waals surface area contributed by atoms with Crippen molar-refractivity contribution < 1.29 is 40.6 Å². The van der Waals surface area contributed by atoms with Crippen molar-refractivity contribution in [3.63, 3.8) is 0 Å². The first-order chi connectivity index (χ1) is 12.0. The summed E-state index contributed by atoms with van der Waals surface area (Å²) < 4.78 is 88.5. The van der Waals surface area contributed by atoms with Gasteiger partial charge in [0.05, 0.1) is 23.8 Å². The Bertz CT molecular complexity index is 746. The second kappa shape index (κ2) is 7.27. The first-order valence-electron chi connectivity index (χ1n) is 7.11. The van der Waals surface area contributed by atoms with Gasteiger partial charge in [0.25, 0.3) is 0 Å². The van der Waals surface area contributed by atoms with Crippen LogP contribution in [-0.4, -0.2) is 13.1 Å². The Balaban J connectivity index is 2.55. The molecule has 0 amide bonds. The van der Waals surface area contributed by atoms with Crippen LogP contribution >= 0.6 is 0 Å². The molecule has 0 aromatic heterocycles. The molecule has 0 N–H and O–H groups in total. The predicted octanol–water partition coefficient (Wildman–Crippen LogP) is 5.09. The van der Waals surface area contributed by atoms with Crippen LogP contribution in [0.4, 0.5) is 26.3 Å². The number of carbonyl (C=O) groups is 1. The molecular weight excluding hydrogens is 366 g/mol. The Hall–Kier alpha value is -2.71. The molecule has 0 fully saturated rings. The molecule has 0 saturated heterocycles. The first kappa shape index (κ1) is 19.6. The van der Waals surface area contributed by atoms with Crippen LogP contribution in [0.5, 0.6) is 5.75 Å². The summed E-state index contributed by atoms with van der Waals surface area (Å²) in [6, 6.07) is 8.87. The molecule has 3 nitrogen and oxygen atoms in total. The maximum atomic E-state index is 13.2. The summed E-state index contributed by atoms with van der Waals surface area (Å²) >= 11 is 0. The van der Waals surface area contributed by atoms with Crippen LogP contribution in [0.15, 0.2) is 42.5 Å². The average Bonchev–Trinajstić information content (AvgIpc) is 2.57. The number of alkyl halides is 6. The van der Waals surface area contributed by atoms with Crippen LogP contribution in [0, 0.1) is 0 Å². The summed E-state index contributed by atoms with van der Waals surface area (Å²) in [5.41, 5.74) is -4.60. The Morgan fingerprint density at radius 3 is 1.85 bits per heavy atom. The fourth-order valence-electron chi connectivity index (χ4n) is 2.21. The zero-order valence-electron chi connectivity index (χ0n) is 13.2. The van der Waals surface area contributed by atoms with E-state index in [0.29, 0.717) is 24.8 Å². The average molecular weight is 378 g/mol. The summed E-state index contributed by atoms with van der Waals surface area (Å²) in [5.74, 6) is -2.40. The molecule has 0 bridgehead atoms. The summed E-state index contributed by atoms with van der Waals surface area (Å²) in [7, 11) is 0.697. The molecule has 0 spiro atoms. The fourth-order valence-corrected chi connectivity index (χ4v) is 2.21. The van der Waals surface area contributed by atoms with E-state index in [9.17, 15) is 31.1 Å². The van der Waals surface area contributed by atoms with Crippen LogP contribution in [0.3, 0.4) is 0 Å². The van der Waals surface area contributed by atoms with Crippen molar-refractivity contribution in [3.05, 3.63) is 64.7 Å². The van der Waals surface area contributed by atoms with Gasteiger partial charge in [0.15, 0.2) is 0 Å². The van der Waals surface area contributed by atoms with Gasteiger partial charge in [-0.05, 0) is 17.7 Å². The number of hydrogen-bond donors (Lipinski definition) is 0. The highest BCUT2D eigenvalue weighted by molar-refractivity contribution is 5.93. The van der Waals surface area contributed by atoms with E-state index in [4.69, 9.17) is 4.74 Å². The molecule has 0 heterocycles. The quantitative estimate of drug-likeness (QED) is 0.549. The number of methoxy groups -OCH3 is 1. The normalized spacial score (nSPS) is 12.0. The van der Waals surface area contributed by atoms with E-state index in [2.05, 4.69) is 4.74 Å². The number of ether oxygens (including phenoxy) is 2. The lowest BCUT2D eigenvalue weighted by molar-refractivity contribution is -0.144. The topological polar surface area (TPSA) is 35.5 Å². The van der Waals surface area contributed by atoms with Gasteiger partial charge in [0, 0.05) is 0 Å². The number of benzene rings is 2. The second-order valence-electron chi connectivity index (χ2n) is 5.15. The fraction of sp³-hybridized carbons (Fsp3) is 0.235. The third-order valence-electron chi connectivity index (χ3n) is 3.36. The Labute approximate surface area is 144 Å². The van der Waals surface area contributed by atoms with Crippen molar-refractivity contribution >= 4 is 5.97 Å². The lowest BCUT2D eigenvalue weighted by Crippen LogP contribution is -2.21. The van der Waals surface area contributed by atoms with Crippen LogP contribution in [0.25, 0.3) is 0 Å². The smallest absolute Gasteiger partial charge is 0.417 e. The van der Waals surface area contributed by atoms with Gasteiger partial charge >= 0.3 is 18.3 Å². The first-order valence-corrected chi connectivity index (χ1v) is 7.11. The highest BCUT2D eigenvalue weighted by Gasteiger charge is 2.44. The van der Waals surface area contributed by atoms with E-state index < -0.39 is 40.8 Å². The summed E-state index contributed by atoms with van der Waals surface area (Å²) in [5, 5.41) is 0. The van der Waals surface area contributed by atoms with Gasteiger partial charge in [-0.2, -0.15) is 26.3 Å². The number of hydrogen-bond acceptors (Lipinski definition) is 3. The number of carbonyl (C=O) groups excluding carboxylic acids is 1. The molecular formula is C17H12F6O3. The molecule has 0 aliphatic carbocycles. The third-order valence-corrected chi connectivity index (χ3v) is 3.36. The monoisotopic (exact) mass is 378 g/mol. The molecule has 26 heavy (non-hydrogen) atoms. The highest BCUT2D eigenvalue weighted by atomic mass is 19.4. The van der Waals surface area contributed by atoms with Gasteiger partial charge in [0.2, 0.25) is 0 Å². The molecule has 2 rings (SSSR count). The molecule has 0 atom stereocenters. The molecule has 9 heteroatoms. The Morgan fingerprint density at radius 2 is 1.42 bits per heavy atom. The van der Waals surface area contributed by atoms with E-state index in [0.717, 1.165) is 0 Å². The lowest BCUT2D eigenvalue weighted by Gasteiger charge is -2.19. The Morgan fingerprint density at radius 1 is 0.923 bits per heavy atom. The standard InChI is InChI=1S/C17H12F6O3/c1-25-15(24)14-12(16(18,19)20)7-11(8-13(14)17(21,22)23)26-9-10-5-3-2-4-6-10/h2-8H,9H2,1H3. The van der Waals surface area contributed by atoms with E-state index in [1.54, 1.807) is 30.3 Å². The van der Waals surface area contributed by atoms with Gasteiger partial charge in [-0.15, -0.1) is 0 Å². The van der Waals surface area contributed by atoms with Crippen LogP contribution in [-0.2, 0) is 23.7 Å². The molecule has 0 radical (unpaired) electrons. The molecule has 0 unspecified atom stereocenters. The van der Waals surface area contributed by atoms with E-state index in [-0.39, 0.29) is 6.61 Å². The van der Waals surface area contributed by atoms with Crippen molar-refractivity contribution in [2.45, 2.75) is 19.0 Å². The summed E-state index contributed by atoms with van der Waals surface area (Å²) in [4.78, 5) is 11.6. The van der Waals surface area contributed by atoms with Crippen LogP contribution in [0.2, 0.25) is 0 Å². The van der Waals surface area contributed by atoms with E-state index in [1.807, 2.05) is 0 Å². The Kier molecular flexibility index (Phi) is 5.48. The molecule has 140 valence electrons.